The normalized spacial score (nSPS) is 23.0. The van der Waals surface area contributed by atoms with Crippen LogP contribution in [0, 0.1) is 5.92 Å². The Kier molecular flexibility index (Phi) is 8.76. The van der Waals surface area contributed by atoms with E-state index in [1.807, 2.05) is 0 Å². The Labute approximate surface area is 142 Å². The van der Waals surface area contributed by atoms with E-state index in [0.29, 0.717) is 0 Å². The van der Waals surface area contributed by atoms with E-state index >= 15 is 0 Å². The van der Waals surface area contributed by atoms with Crippen molar-refractivity contribution in [3.8, 4) is 0 Å². The van der Waals surface area contributed by atoms with E-state index in [2.05, 4.69) is 34.4 Å². The molecule has 0 aromatic heterocycles. The number of ether oxygens (including phenoxy) is 1. The van der Waals surface area contributed by atoms with Crippen molar-refractivity contribution < 1.29 is 4.74 Å². The summed E-state index contributed by atoms with van der Waals surface area (Å²) in [6.07, 6.45) is 7.96. The third-order valence-corrected chi connectivity index (χ3v) is 4.75. The molecule has 0 aromatic rings. The molecule has 2 rings (SSSR count). The minimum absolute atomic E-state index is 0.753. The summed E-state index contributed by atoms with van der Waals surface area (Å²) in [7, 11) is 0. The van der Waals surface area contributed by atoms with Crippen LogP contribution in [0.1, 0.15) is 52.4 Å². The molecular formula is C18H36N4O. The molecule has 1 saturated carbocycles. The maximum atomic E-state index is 5.65. The van der Waals surface area contributed by atoms with E-state index < -0.39 is 0 Å². The van der Waals surface area contributed by atoms with Gasteiger partial charge in [-0.25, -0.2) is 0 Å². The summed E-state index contributed by atoms with van der Waals surface area (Å²) in [5.74, 6) is 1.77. The summed E-state index contributed by atoms with van der Waals surface area (Å²) in [5, 5.41) is 6.67. The highest BCUT2D eigenvalue weighted by Crippen LogP contribution is 2.28. The highest BCUT2D eigenvalue weighted by Gasteiger charge is 2.20. The number of aliphatic imine (C=N–C) groups is 1. The van der Waals surface area contributed by atoms with E-state index in [-0.39, 0.29) is 0 Å². The monoisotopic (exact) mass is 324 g/mol. The number of nitrogens with one attached hydrogen (secondary N) is 2. The molecule has 134 valence electrons. The minimum atomic E-state index is 0.753. The third-order valence-electron chi connectivity index (χ3n) is 4.75. The van der Waals surface area contributed by atoms with Crippen LogP contribution >= 0.6 is 0 Å². The van der Waals surface area contributed by atoms with Gasteiger partial charge in [-0.1, -0.05) is 6.42 Å². The van der Waals surface area contributed by atoms with Crippen molar-refractivity contribution in [2.75, 3.05) is 45.9 Å². The van der Waals surface area contributed by atoms with Crippen LogP contribution in [0.3, 0.4) is 0 Å². The maximum absolute atomic E-state index is 5.65. The van der Waals surface area contributed by atoms with Crippen LogP contribution in [0.15, 0.2) is 4.99 Å². The number of hydrogen-bond donors (Lipinski definition) is 2. The lowest BCUT2D eigenvalue weighted by molar-refractivity contribution is 0.129. The molecule has 0 bridgehead atoms. The van der Waals surface area contributed by atoms with Gasteiger partial charge in [0, 0.05) is 38.8 Å². The summed E-state index contributed by atoms with van der Waals surface area (Å²) in [5.41, 5.74) is 0. The van der Waals surface area contributed by atoms with Crippen LogP contribution in [0.2, 0.25) is 0 Å². The highest BCUT2D eigenvalue weighted by atomic mass is 16.5. The lowest BCUT2D eigenvalue weighted by Gasteiger charge is -2.33. The zero-order valence-corrected chi connectivity index (χ0v) is 15.1. The molecule has 1 aliphatic carbocycles. The van der Waals surface area contributed by atoms with Gasteiger partial charge in [0.2, 0.25) is 0 Å². The van der Waals surface area contributed by atoms with Crippen molar-refractivity contribution in [1.29, 1.82) is 0 Å². The van der Waals surface area contributed by atoms with Crippen molar-refractivity contribution in [3.05, 3.63) is 0 Å². The van der Waals surface area contributed by atoms with Gasteiger partial charge in [0.1, 0.15) is 0 Å². The molecule has 1 atom stereocenters. The van der Waals surface area contributed by atoms with Gasteiger partial charge in [-0.2, -0.15) is 0 Å². The molecule has 23 heavy (non-hydrogen) atoms. The average Bonchev–Trinajstić information content (AvgIpc) is 3.37. The Morgan fingerprint density at radius 1 is 1.22 bits per heavy atom. The van der Waals surface area contributed by atoms with Crippen LogP contribution in [-0.4, -0.2) is 62.8 Å². The van der Waals surface area contributed by atoms with Gasteiger partial charge in [0.05, 0.1) is 6.61 Å². The SMILES string of the molecule is CCNC(=NCCCN1CCCCC1C)NCCOCC1CC1. The number of rotatable bonds is 10. The highest BCUT2D eigenvalue weighted by molar-refractivity contribution is 5.79. The lowest BCUT2D eigenvalue weighted by atomic mass is 10.0. The maximum Gasteiger partial charge on any atom is 0.191 e. The molecule has 2 N–H and O–H groups in total. The summed E-state index contributed by atoms with van der Waals surface area (Å²) < 4.78 is 5.65. The molecule has 1 heterocycles. The predicted octanol–water partition coefficient (Wildman–Crippen LogP) is 2.23. The zero-order chi connectivity index (χ0) is 16.3. The van der Waals surface area contributed by atoms with Crippen molar-refractivity contribution in [2.45, 2.75) is 58.4 Å². The standard InChI is InChI=1S/C18H36N4O/c1-3-19-18(21-11-14-23-15-17-8-9-17)20-10-6-13-22-12-5-4-7-16(22)2/h16-17H,3-15H2,1-2H3,(H2,19,20,21). The fraction of sp³-hybridized carbons (Fsp3) is 0.944. The average molecular weight is 325 g/mol. The fourth-order valence-electron chi connectivity index (χ4n) is 3.07. The molecule has 0 radical (unpaired) electrons. The molecular weight excluding hydrogens is 288 g/mol. The van der Waals surface area contributed by atoms with E-state index in [4.69, 9.17) is 4.74 Å². The van der Waals surface area contributed by atoms with E-state index in [9.17, 15) is 0 Å². The second-order valence-corrected chi connectivity index (χ2v) is 6.94. The predicted molar refractivity (Wildman–Crippen MR) is 97.0 cm³/mol. The summed E-state index contributed by atoms with van der Waals surface area (Å²) in [6, 6.07) is 0.753. The van der Waals surface area contributed by atoms with Crippen molar-refractivity contribution in [1.82, 2.24) is 15.5 Å². The van der Waals surface area contributed by atoms with Crippen LogP contribution in [0.25, 0.3) is 0 Å². The Bertz CT molecular complexity index is 344. The van der Waals surface area contributed by atoms with Crippen LogP contribution in [0.5, 0.6) is 0 Å². The molecule has 0 amide bonds. The Balaban J connectivity index is 1.55. The summed E-state index contributed by atoms with van der Waals surface area (Å²) in [4.78, 5) is 7.30. The second kappa shape index (κ2) is 10.9. The molecule has 5 heteroatoms. The fourth-order valence-corrected chi connectivity index (χ4v) is 3.07. The van der Waals surface area contributed by atoms with Gasteiger partial charge in [-0.15, -0.1) is 0 Å². The minimum Gasteiger partial charge on any atom is -0.379 e. The van der Waals surface area contributed by atoms with Crippen LogP contribution in [0.4, 0.5) is 0 Å². The van der Waals surface area contributed by atoms with Gasteiger partial charge in [-0.3, -0.25) is 4.99 Å². The molecule has 1 saturated heterocycles. The molecule has 2 aliphatic rings. The first kappa shape index (κ1) is 18.5. The van der Waals surface area contributed by atoms with Crippen molar-refractivity contribution >= 4 is 5.96 Å². The first-order valence-corrected chi connectivity index (χ1v) is 9.63. The van der Waals surface area contributed by atoms with Crippen molar-refractivity contribution in [2.24, 2.45) is 10.9 Å². The number of nitrogens with zero attached hydrogens (tertiary/aromatic N) is 2. The first-order valence-electron chi connectivity index (χ1n) is 9.63. The van der Waals surface area contributed by atoms with Gasteiger partial charge in [0.25, 0.3) is 0 Å². The molecule has 0 aromatic carbocycles. The smallest absolute Gasteiger partial charge is 0.191 e. The van der Waals surface area contributed by atoms with E-state index in [1.165, 1.54) is 45.2 Å². The van der Waals surface area contributed by atoms with Crippen molar-refractivity contribution in [3.63, 3.8) is 0 Å². The Morgan fingerprint density at radius 3 is 2.83 bits per heavy atom. The number of likely N-dealkylation sites (tertiary alicyclic amines) is 1. The van der Waals surface area contributed by atoms with Crippen LogP contribution < -0.4 is 10.6 Å². The van der Waals surface area contributed by atoms with Crippen LogP contribution in [-0.2, 0) is 4.74 Å². The van der Waals surface area contributed by atoms with Gasteiger partial charge in [0.15, 0.2) is 5.96 Å². The number of piperidine rings is 1. The first-order chi connectivity index (χ1) is 11.3. The van der Waals surface area contributed by atoms with Gasteiger partial charge >= 0.3 is 0 Å². The molecule has 0 spiro atoms. The molecule has 2 fully saturated rings. The summed E-state index contributed by atoms with van der Waals surface area (Å²) >= 11 is 0. The lowest BCUT2D eigenvalue weighted by Crippen LogP contribution is -2.40. The molecule has 5 nitrogen and oxygen atoms in total. The Morgan fingerprint density at radius 2 is 2.09 bits per heavy atom. The zero-order valence-electron chi connectivity index (χ0n) is 15.1. The van der Waals surface area contributed by atoms with E-state index in [0.717, 1.165) is 57.2 Å². The third kappa shape index (κ3) is 8.02. The number of guanidine groups is 1. The Hall–Kier alpha value is -0.810. The van der Waals surface area contributed by atoms with Gasteiger partial charge in [-0.05, 0) is 58.4 Å². The molecule has 1 unspecified atom stereocenters. The quantitative estimate of drug-likeness (QED) is 0.368. The largest absolute Gasteiger partial charge is 0.379 e. The van der Waals surface area contributed by atoms with E-state index in [1.54, 1.807) is 0 Å². The second-order valence-electron chi connectivity index (χ2n) is 6.94. The number of hydrogen-bond acceptors (Lipinski definition) is 3. The molecule has 1 aliphatic heterocycles. The van der Waals surface area contributed by atoms with Gasteiger partial charge < -0.3 is 20.3 Å². The summed E-state index contributed by atoms with van der Waals surface area (Å²) in [6.45, 7) is 11.2. The topological polar surface area (TPSA) is 48.9 Å².